The highest BCUT2D eigenvalue weighted by Crippen LogP contribution is 2.25. The molecule has 1 unspecified atom stereocenters. The van der Waals surface area contributed by atoms with Gasteiger partial charge in [-0.1, -0.05) is 43.4 Å². The van der Waals surface area contributed by atoms with E-state index in [1.54, 1.807) is 0 Å². The van der Waals surface area contributed by atoms with Gasteiger partial charge in [0.1, 0.15) is 11.5 Å². The van der Waals surface area contributed by atoms with E-state index in [1.807, 2.05) is 36.4 Å². The van der Waals surface area contributed by atoms with Crippen LogP contribution in [-0.2, 0) is 6.42 Å². The lowest BCUT2D eigenvalue weighted by atomic mass is 9.95. The summed E-state index contributed by atoms with van der Waals surface area (Å²) in [7, 11) is 0. The molecule has 3 heteroatoms. The van der Waals surface area contributed by atoms with Crippen molar-refractivity contribution in [1.29, 1.82) is 0 Å². The molecule has 0 radical (unpaired) electrons. The number of hydrogen-bond acceptors (Lipinski definition) is 2. The highest BCUT2D eigenvalue weighted by molar-refractivity contribution is 7.80. The van der Waals surface area contributed by atoms with E-state index >= 15 is 0 Å². The molecule has 0 aliphatic rings. The van der Waals surface area contributed by atoms with Crippen LogP contribution in [0.2, 0.25) is 0 Å². The molecule has 0 aromatic heterocycles. The van der Waals surface area contributed by atoms with E-state index in [4.69, 9.17) is 22.7 Å². The van der Waals surface area contributed by atoms with Crippen LogP contribution in [-0.4, -0.2) is 4.99 Å². The third-order valence-electron chi connectivity index (χ3n) is 3.41. The van der Waals surface area contributed by atoms with Gasteiger partial charge in [0.25, 0.3) is 0 Å². The zero-order chi connectivity index (χ0) is 15.2. The molecule has 21 heavy (non-hydrogen) atoms. The normalized spacial score (nSPS) is 11.9. The molecule has 1 atom stereocenters. The van der Waals surface area contributed by atoms with Crippen LogP contribution in [0, 0.1) is 12.8 Å². The molecule has 110 valence electrons. The van der Waals surface area contributed by atoms with Crippen molar-refractivity contribution in [1.82, 2.24) is 0 Å². The van der Waals surface area contributed by atoms with Crippen LogP contribution in [0.5, 0.6) is 11.5 Å². The second kappa shape index (κ2) is 7.23. The van der Waals surface area contributed by atoms with Crippen LogP contribution in [0.25, 0.3) is 0 Å². The maximum Gasteiger partial charge on any atom is 0.127 e. The molecule has 2 N–H and O–H groups in total. The summed E-state index contributed by atoms with van der Waals surface area (Å²) in [4.78, 5) is 0.587. The Kier molecular flexibility index (Phi) is 5.34. The maximum atomic E-state index is 5.84. The zero-order valence-corrected chi connectivity index (χ0v) is 13.3. The topological polar surface area (TPSA) is 35.2 Å². The number of hydrogen-bond donors (Lipinski definition) is 1. The Balaban J connectivity index is 2.05. The van der Waals surface area contributed by atoms with E-state index in [-0.39, 0.29) is 0 Å². The summed E-state index contributed by atoms with van der Waals surface area (Å²) in [6.45, 7) is 4.29. The molecule has 0 aliphatic carbocycles. The lowest BCUT2D eigenvalue weighted by molar-refractivity contribution is 0.481. The molecule has 0 fully saturated rings. The minimum Gasteiger partial charge on any atom is -0.457 e. The minimum atomic E-state index is 0.460. The van der Waals surface area contributed by atoms with Gasteiger partial charge < -0.3 is 10.5 Å². The molecule has 0 saturated carbocycles. The van der Waals surface area contributed by atoms with E-state index < -0.39 is 0 Å². The third kappa shape index (κ3) is 4.87. The smallest absolute Gasteiger partial charge is 0.127 e. The number of thiocarbonyl (C=S) groups is 1. The maximum absolute atomic E-state index is 5.84. The Morgan fingerprint density at radius 3 is 2.48 bits per heavy atom. The van der Waals surface area contributed by atoms with Gasteiger partial charge in [-0.3, -0.25) is 0 Å². The molecule has 0 spiro atoms. The number of rotatable bonds is 6. The first kappa shape index (κ1) is 15.5. The van der Waals surface area contributed by atoms with Crippen LogP contribution in [0.4, 0.5) is 0 Å². The van der Waals surface area contributed by atoms with E-state index in [0.29, 0.717) is 10.9 Å². The van der Waals surface area contributed by atoms with Crippen LogP contribution < -0.4 is 10.5 Å². The van der Waals surface area contributed by atoms with Crippen molar-refractivity contribution in [3.63, 3.8) is 0 Å². The number of ether oxygens (including phenoxy) is 1. The van der Waals surface area contributed by atoms with E-state index in [0.717, 1.165) is 24.3 Å². The van der Waals surface area contributed by atoms with Crippen molar-refractivity contribution >= 4 is 17.2 Å². The minimum absolute atomic E-state index is 0.460. The average molecular weight is 299 g/mol. The molecule has 0 heterocycles. The first-order valence-corrected chi connectivity index (χ1v) is 7.56. The Morgan fingerprint density at radius 2 is 1.86 bits per heavy atom. The fraction of sp³-hybridized carbons (Fsp3) is 0.278. The first-order valence-electron chi connectivity index (χ1n) is 7.15. The standard InChI is InChI=1S/C18H21NOS/c1-13(11-18(19)21)10-15-8-9-17(12-14(15)2)20-16-6-4-3-5-7-16/h3-9,12-13H,10-11H2,1-2H3,(H2,19,21). The van der Waals surface area contributed by atoms with Crippen molar-refractivity contribution in [3.05, 3.63) is 59.7 Å². The summed E-state index contributed by atoms with van der Waals surface area (Å²) in [5.74, 6) is 2.18. The summed E-state index contributed by atoms with van der Waals surface area (Å²) in [5.41, 5.74) is 8.16. The number of para-hydroxylation sites is 1. The lowest BCUT2D eigenvalue weighted by Gasteiger charge is -2.14. The molecule has 2 aromatic carbocycles. The van der Waals surface area contributed by atoms with Crippen molar-refractivity contribution in [2.45, 2.75) is 26.7 Å². The molecule has 0 amide bonds. The summed E-state index contributed by atoms with van der Waals surface area (Å²) in [5, 5.41) is 0. The van der Waals surface area contributed by atoms with E-state index in [9.17, 15) is 0 Å². The van der Waals surface area contributed by atoms with Gasteiger partial charge in [0.05, 0.1) is 4.99 Å². The highest BCUT2D eigenvalue weighted by Gasteiger charge is 2.08. The second-order valence-corrected chi connectivity index (χ2v) is 6.01. The van der Waals surface area contributed by atoms with E-state index in [1.165, 1.54) is 11.1 Å². The quantitative estimate of drug-likeness (QED) is 0.789. The van der Waals surface area contributed by atoms with Crippen molar-refractivity contribution in [3.8, 4) is 11.5 Å². The monoisotopic (exact) mass is 299 g/mol. The molecular formula is C18H21NOS. The van der Waals surface area contributed by atoms with Gasteiger partial charge in [-0.2, -0.15) is 0 Å². The van der Waals surface area contributed by atoms with Crippen LogP contribution >= 0.6 is 12.2 Å². The fourth-order valence-electron chi connectivity index (χ4n) is 2.38. The molecule has 0 bridgehead atoms. The van der Waals surface area contributed by atoms with Gasteiger partial charge >= 0.3 is 0 Å². The van der Waals surface area contributed by atoms with E-state index in [2.05, 4.69) is 26.0 Å². The van der Waals surface area contributed by atoms with Gasteiger partial charge in [0.2, 0.25) is 0 Å². The Bertz CT molecular complexity index is 610. The summed E-state index contributed by atoms with van der Waals surface area (Å²) < 4.78 is 5.84. The molecule has 0 saturated heterocycles. The molecule has 2 rings (SSSR count). The molecule has 0 aliphatic heterocycles. The van der Waals surface area contributed by atoms with Crippen molar-refractivity contribution in [2.24, 2.45) is 11.7 Å². The molecule has 2 aromatic rings. The predicted octanol–water partition coefficient (Wildman–Crippen LogP) is 4.64. The number of benzene rings is 2. The Labute approximate surface area is 131 Å². The first-order chi connectivity index (χ1) is 10.0. The predicted molar refractivity (Wildman–Crippen MR) is 92.0 cm³/mol. The van der Waals surface area contributed by atoms with Crippen molar-refractivity contribution < 1.29 is 4.74 Å². The number of nitrogens with two attached hydrogens (primary N) is 1. The van der Waals surface area contributed by atoms with Crippen LogP contribution in [0.15, 0.2) is 48.5 Å². The zero-order valence-electron chi connectivity index (χ0n) is 12.5. The van der Waals surface area contributed by atoms with Gasteiger partial charge in [-0.25, -0.2) is 0 Å². The van der Waals surface area contributed by atoms with Gasteiger partial charge in [-0.05, 0) is 54.7 Å². The molecular weight excluding hydrogens is 278 g/mol. The fourth-order valence-corrected chi connectivity index (χ4v) is 2.66. The summed E-state index contributed by atoms with van der Waals surface area (Å²) >= 11 is 4.97. The van der Waals surface area contributed by atoms with Crippen LogP contribution in [0.3, 0.4) is 0 Å². The average Bonchev–Trinajstić information content (AvgIpc) is 2.42. The van der Waals surface area contributed by atoms with Gasteiger partial charge in [-0.15, -0.1) is 0 Å². The van der Waals surface area contributed by atoms with Gasteiger partial charge in [0, 0.05) is 6.42 Å². The Morgan fingerprint density at radius 1 is 1.14 bits per heavy atom. The third-order valence-corrected chi connectivity index (χ3v) is 3.58. The second-order valence-electron chi connectivity index (χ2n) is 5.48. The molecule has 2 nitrogen and oxygen atoms in total. The summed E-state index contributed by atoms with van der Waals surface area (Å²) in [6.07, 6.45) is 1.77. The highest BCUT2D eigenvalue weighted by atomic mass is 32.1. The van der Waals surface area contributed by atoms with Gasteiger partial charge in [0.15, 0.2) is 0 Å². The van der Waals surface area contributed by atoms with Crippen molar-refractivity contribution in [2.75, 3.05) is 0 Å². The summed E-state index contributed by atoms with van der Waals surface area (Å²) in [6, 6.07) is 16.0. The SMILES string of the molecule is Cc1cc(Oc2ccccc2)ccc1CC(C)CC(N)=S. The van der Waals surface area contributed by atoms with Crippen LogP contribution in [0.1, 0.15) is 24.5 Å². The number of aryl methyl sites for hydroxylation is 1. The largest absolute Gasteiger partial charge is 0.457 e. The Hall–Kier alpha value is -1.87. The lowest BCUT2D eigenvalue weighted by Crippen LogP contribution is -2.14.